The minimum Gasteiger partial charge on any atom is -0.380 e. The van der Waals surface area contributed by atoms with Crippen molar-refractivity contribution in [3.8, 4) is 56.5 Å². The Kier molecular flexibility index (Phi) is 33.0. The van der Waals surface area contributed by atoms with E-state index < -0.39 is 0 Å². The molecule has 4 saturated carbocycles. The number of aryl methyl sites for hydroxylation is 5. The van der Waals surface area contributed by atoms with Gasteiger partial charge in [-0.1, -0.05) is 129 Å². The number of hydrogen-bond acceptors (Lipinski definition) is 28. The fraction of sp³-hybridized carbons (Fsp3) is 0.483. The lowest BCUT2D eigenvalue weighted by Gasteiger charge is -2.36. The Hall–Kier alpha value is -12.7. The van der Waals surface area contributed by atoms with Crippen LogP contribution < -0.4 is 51.1 Å². The van der Waals surface area contributed by atoms with Crippen molar-refractivity contribution in [2.24, 2.45) is 0 Å². The number of halogens is 2. The zero-order valence-corrected chi connectivity index (χ0v) is 86.6. The Morgan fingerprint density at radius 2 is 0.642 bits per heavy atom. The molecule has 1 unspecified atom stereocenters. The molecular weight excluding hydrogens is 1850 g/mol. The van der Waals surface area contributed by atoms with Crippen LogP contribution in [0.15, 0.2) is 185 Å². The summed E-state index contributed by atoms with van der Waals surface area (Å²) in [6, 6.07) is 57.4. The monoisotopic (exact) mass is 2000 g/mol. The first kappa shape index (κ1) is 101. The van der Waals surface area contributed by atoms with E-state index in [-0.39, 0.29) is 11.6 Å². The molecule has 5 aromatic carbocycles. The van der Waals surface area contributed by atoms with E-state index in [2.05, 4.69) is 200 Å². The van der Waals surface area contributed by atoms with Crippen molar-refractivity contribution in [1.29, 1.82) is 0 Å². The lowest BCUT2D eigenvalue weighted by molar-refractivity contribution is 0.186. The molecule has 15 aromatic rings. The van der Waals surface area contributed by atoms with E-state index >= 15 is 0 Å². The Labute approximate surface area is 867 Å². The first-order chi connectivity index (χ1) is 72.6. The summed E-state index contributed by atoms with van der Waals surface area (Å²) in [5.74, 6) is 6.27. The van der Waals surface area contributed by atoms with Gasteiger partial charge in [-0.15, -0.1) is 0 Å². The average molecular weight is 2000 g/mol. The van der Waals surface area contributed by atoms with Crippen LogP contribution in [0.2, 0.25) is 0 Å². The molecule has 6 aliphatic heterocycles. The number of piperidine rings is 5. The summed E-state index contributed by atoms with van der Waals surface area (Å²) < 4.78 is 43.4. The van der Waals surface area contributed by atoms with Crippen molar-refractivity contribution >= 4 is 83.6 Å². The minimum atomic E-state index is -0.277. The molecule has 25 rings (SSSR count). The molecule has 148 heavy (non-hydrogen) atoms. The van der Waals surface area contributed by atoms with Crippen LogP contribution in [0.3, 0.4) is 0 Å². The third-order valence-electron chi connectivity index (χ3n) is 31.8. The first-order valence-corrected chi connectivity index (χ1v) is 55.1. The molecule has 0 spiro atoms. The molecule has 10 aliphatic rings. The molecule has 772 valence electrons. The Morgan fingerprint density at radius 1 is 0.284 bits per heavy atom. The highest BCUT2D eigenvalue weighted by molar-refractivity contribution is 5.93. The molecule has 1 atom stereocenters. The third kappa shape index (κ3) is 25.5. The molecule has 28 nitrogen and oxygen atoms in total. The van der Waals surface area contributed by atoms with Crippen LogP contribution >= 0.6 is 0 Å². The number of hydrogen-bond donors (Lipinski definition) is 5. The highest BCUT2D eigenvalue weighted by atomic mass is 19.1. The van der Waals surface area contributed by atoms with Gasteiger partial charge in [-0.3, -0.25) is 9.97 Å². The van der Waals surface area contributed by atoms with Crippen molar-refractivity contribution < 1.29 is 22.6 Å². The van der Waals surface area contributed by atoms with E-state index in [1.807, 2.05) is 56.6 Å². The fourth-order valence-corrected chi connectivity index (χ4v) is 23.7. The number of ether oxygens (including phenoxy) is 1. The molecule has 5 N–H and O–H groups in total. The smallest absolute Gasteiger partial charge is 0.223 e. The second-order valence-corrected chi connectivity index (χ2v) is 42.7. The molecule has 30 heteroatoms. The van der Waals surface area contributed by atoms with Crippen LogP contribution in [-0.4, -0.2) is 215 Å². The molecule has 0 bridgehead atoms. The summed E-state index contributed by atoms with van der Waals surface area (Å²) in [6.45, 7) is 21.1. The summed E-state index contributed by atoms with van der Waals surface area (Å²) in [6.07, 6.45) is 43.6. The molecule has 0 radical (unpaired) electrons. The molecule has 6 saturated heterocycles. The Bertz CT molecular complexity index is 6890. The highest BCUT2D eigenvalue weighted by Gasteiger charge is 2.35. The van der Waals surface area contributed by atoms with Crippen molar-refractivity contribution in [3.05, 3.63) is 217 Å². The predicted octanol–water partition coefficient (Wildman–Crippen LogP) is 22.0. The number of nitrogens with zero attached hydrogens (tertiary/aromatic N) is 20. The van der Waals surface area contributed by atoms with Crippen LogP contribution in [0.1, 0.15) is 221 Å². The van der Waals surface area contributed by atoms with E-state index in [4.69, 9.17) is 38.7 Å². The molecule has 10 fully saturated rings. The molecular formula is C118H143F2N25O3. The second kappa shape index (κ2) is 48.3. The van der Waals surface area contributed by atoms with E-state index in [1.165, 1.54) is 178 Å². The molecule has 0 amide bonds. The number of para-hydroxylation sites is 2. The normalized spacial score (nSPS) is 19.1. The predicted molar refractivity (Wildman–Crippen MR) is 586 cm³/mol. The number of nitrogens with one attached hydrogen (secondary N) is 5. The zero-order chi connectivity index (χ0) is 101. The minimum absolute atomic E-state index is 0.276. The van der Waals surface area contributed by atoms with Gasteiger partial charge in [0.05, 0.1) is 80.0 Å². The van der Waals surface area contributed by atoms with Crippen LogP contribution in [0.4, 0.5) is 37.9 Å². The van der Waals surface area contributed by atoms with Gasteiger partial charge in [-0.25, -0.2) is 33.7 Å². The summed E-state index contributed by atoms with van der Waals surface area (Å²) in [5, 5.41) is 49.8. The maximum atomic E-state index is 13.8. The van der Waals surface area contributed by atoms with Gasteiger partial charge in [0.1, 0.15) is 40.7 Å². The van der Waals surface area contributed by atoms with Gasteiger partial charge in [-0.2, -0.15) is 30.4 Å². The van der Waals surface area contributed by atoms with E-state index in [1.54, 1.807) is 32.2 Å². The summed E-state index contributed by atoms with van der Waals surface area (Å²) in [4.78, 5) is 54.8. The molecule has 10 aromatic heterocycles. The second-order valence-electron chi connectivity index (χ2n) is 42.7. The lowest BCUT2D eigenvalue weighted by Crippen LogP contribution is -2.47. The summed E-state index contributed by atoms with van der Waals surface area (Å²) in [7, 11) is 0. The molecule has 16 heterocycles. The van der Waals surface area contributed by atoms with Gasteiger partial charge in [-0.05, 0) is 258 Å². The average Bonchev–Trinajstić information content (AvgIpc) is 1.27. The fourth-order valence-electron chi connectivity index (χ4n) is 23.7. The Morgan fingerprint density at radius 3 is 1.01 bits per heavy atom. The first-order valence-electron chi connectivity index (χ1n) is 55.1. The van der Waals surface area contributed by atoms with Crippen molar-refractivity contribution in [1.82, 2.24) is 102 Å². The SMILES string of the molecule is Cc1ccc2nc(N3CCC(NC4CCOC4)CC3)c(-c3ccc(C)nn3)cc2c1.Cc1cnc(-c2cc3ccccc3nc2N2CCC(NC3CCCCC3)CC2)cn1.Cc1nc(-c2cc3cc(F)ccc3nc2N2CCC(NC3CCCC3)CC2)no1.Cc1nc(-c2cc3cc(F)ccc3nc2N2CCC(NC3CCCCC3)CC2)no1.c1cnnc(-c2cc3ccccc3nc2N2CCC(NC3CCCCC3)CC2)c1. The van der Waals surface area contributed by atoms with Crippen LogP contribution in [-0.2, 0) is 4.74 Å². The van der Waals surface area contributed by atoms with Crippen molar-refractivity contribution in [2.75, 3.05) is 103 Å². The van der Waals surface area contributed by atoms with Crippen LogP contribution in [0, 0.1) is 46.3 Å². The van der Waals surface area contributed by atoms with Gasteiger partial charge in [0.15, 0.2) is 0 Å². The summed E-state index contributed by atoms with van der Waals surface area (Å²) in [5.41, 5.74) is 15.2. The molecule has 4 aliphatic carbocycles. The van der Waals surface area contributed by atoms with Gasteiger partial charge in [0, 0.05) is 202 Å². The van der Waals surface area contributed by atoms with Gasteiger partial charge >= 0.3 is 0 Å². The third-order valence-corrected chi connectivity index (χ3v) is 31.8. The maximum Gasteiger partial charge on any atom is 0.223 e. The van der Waals surface area contributed by atoms with E-state index in [0.29, 0.717) is 71.8 Å². The summed E-state index contributed by atoms with van der Waals surface area (Å²) >= 11 is 0. The zero-order valence-electron chi connectivity index (χ0n) is 86.6. The number of pyridine rings is 5. The van der Waals surface area contributed by atoms with E-state index in [0.717, 1.165) is 276 Å². The number of aromatic nitrogens is 15. The van der Waals surface area contributed by atoms with Crippen molar-refractivity contribution in [3.63, 3.8) is 0 Å². The van der Waals surface area contributed by atoms with E-state index in [9.17, 15) is 8.78 Å². The largest absolute Gasteiger partial charge is 0.380 e. The van der Waals surface area contributed by atoms with Crippen LogP contribution in [0.25, 0.3) is 111 Å². The highest BCUT2D eigenvalue weighted by Crippen LogP contribution is 2.42. The topological polar surface area (TPSA) is 305 Å². The number of anilines is 5. The standard InChI is InChI=1S/C25H31N5.C24H29N5O.C24H29N5.C23H28FN5O.C22H26FN5O/c1-18-16-27-24(17-26-18)22-15-19-7-5-6-10-23(19)29-25(22)30-13-11-21(12-14-30)28-20-8-3-2-4-9-20;1-16-3-5-22-18(13-16)14-21(23-6-4-17(2)27-28-23)24(26-22)29-10-7-19(8-11-29)25-20-9-12-30-15-20;1-2-8-19(9-3-1)26-20-12-15-29(16-13-20)24-21(23-11-6-14-25-28-23)17-18-7-4-5-10-22(18)27-24;1-15-25-22(28-30-15)20-14-16-13-17(24)7-8-21(16)27-23(20)29-11-9-19(10-12-29)26-18-5-3-2-4-6-18;1-14-24-21(27-29-14)19-13-15-12-16(23)6-7-20(15)26-22(19)28-10-8-18(9-11-28)25-17-4-2-3-5-17/h5-7,10,15-17,20-21,28H,2-4,8-9,11-14H2,1H3;3-6,13-14,19-20,25H,7-12,15H2,1-2H3;4-7,10-11,14,17,19-20,26H,1-3,8-9,12-13,15-16H2;7-8,13-14,18-19,26H,2-6,9-12H2,1H3;6-7,12-13,17-18,25H,2-5,8-11H2,1H3. The number of fused-ring (bicyclic) bond motifs is 5. The quantitative estimate of drug-likeness (QED) is 0.0473. The maximum absolute atomic E-state index is 13.8. The Balaban J connectivity index is 0.000000108. The lowest BCUT2D eigenvalue weighted by atomic mass is 9.93. The van der Waals surface area contributed by atoms with Gasteiger partial charge in [0.25, 0.3) is 0 Å². The number of rotatable bonds is 20. The van der Waals surface area contributed by atoms with Crippen molar-refractivity contribution in [2.45, 2.75) is 288 Å². The van der Waals surface area contributed by atoms with Gasteiger partial charge < -0.3 is 64.9 Å². The van der Waals surface area contributed by atoms with Crippen LogP contribution in [0.5, 0.6) is 0 Å². The number of benzene rings is 5. The van der Waals surface area contributed by atoms with Gasteiger partial charge in [0.2, 0.25) is 23.4 Å².